The second kappa shape index (κ2) is 6.57. The molecule has 0 aliphatic carbocycles. The van der Waals surface area contributed by atoms with E-state index in [0.29, 0.717) is 0 Å². The molecule has 0 heterocycles. The third kappa shape index (κ3) is 3.51. The Morgan fingerprint density at radius 1 is 0.889 bits per heavy atom. The van der Waals surface area contributed by atoms with Crippen LogP contribution >= 0.6 is 82.0 Å². The minimum Gasteiger partial charge on any atom is -0.113 e. The maximum absolute atomic E-state index is 6.61. The van der Waals surface area contributed by atoms with E-state index in [1.54, 1.807) is 0 Å². The van der Waals surface area contributed by atoms with Crippen molar-refractivity contribution < 1.29 is 0 Å². The average molecular weight is 565 g/mol. The normalized spacial score (nSPS) is 12.5. The van der Waals surface area contributed by atoms with Crippen LogP contribution in [0.15, 0.2) is 49.8 Å². The molecule has 1 unspecified atom stereocenters. The summed E-state index contributed by atoms with van der Waals surface area (Å²) in [5.74, 6) is 0. The summed E-state index contributed by atoms with van der Waals surface area (Å²) in [5, 5.41) is -0.179. The summed E-state index contributed by atoms with van der Waals surface area (Å²) >= 11 is 19.4. The molecule has 0 aromatic heterocycles. The molecule has 2 aromatic carbocycles. The number of benzene rings is 2. The molecule has 0 aliphatic heterocycles. The van der Waals surface area contributed by atoms with E-state index in [0.717, 1.165) is 28.1 Å². The van der Waals surface area contributed by atoms with Gasteiger partial charge in [0.15, 0.2) is 0 Å². The van der Waals surface area contributed by atoms with Gasteiger partial charge in [0.05, 0.1) is 5.38 Å². The highest BCUT2D eigenvalue weighted by Gasteiger charge is 2.17. The molecule has 0 bridgehead atoms. The molecule has 2 rings (SSSR count). The van der Waals surface area contributed by atoms with Crippen molar-refractivity contribution in [1.29, 1.82) is 0 Å². The third-order valence-electron chi connectivity index (χ3n) is 2.46. The largest absolute Gasteiger partial charge is 0.113 e. The van der Waals surface area contributed by atoms with Crippen LogP contribution in [0.3, 0.4) is 0 Å². The van der Waals surface area contributed by atoms with Crippen LogP contribution in [-0.2, 0) is 0 Å². The predicted octanol–water partition coefficient (Wildman–Crippen LogP) is 6.91. The van der Waals surface area contributed by atoms with Crippen LogP contribution in [0.1, 0.15) is 16.5 Å². The van der Waals surface area contributed by atoms with Crippen molar-refractivity contribution in [3.8, 4) is 0 Å². The van der Waals surface area contributed by atoms with E-state index in [1.807, 2.05) is 24.3 Å². The van der Waals surface area contributed by atoms with Crippen molar-refractivity contribution in [3.63, 3.8) is 0 Å². The molecule has 2 aromatic rings. The Morgan fingerprint density at radius 3 is 2.11 bits per heavy atom. The number of hydrogen-bond acceptors (Lipinski definition) is 0. The third-order valence-corrected chi connectivity index (χ3v) is 5.62. The van der Waals surface area contributed by atoms with E-state index in [2.05, 4.69) is 82.5 Å². The summed E-state index contributed by atoms with van der Waals surface area (Å²) in [6, 6.07) is 12.2. The van der Waals surface area contributed by atoms with Gasteiger partial charge >= 0.3 is 0 Å². The van der Waals surface area contributed by atoms with E-state index in [9.17, 15) is 0 Å². The Labute approximate surface area is 150 Å². The smallest absolute Gasteiger partial charge is 0.0857 e. The summed E-state index contributed by atoms with van der Waals surface area (Å²) in [7, 11) is 0. The number of halogens is 5. The second-order valence-electron chi connectivity index (χ2n) is 3.69. The van der Waals surface area contributed by atoms with Crippen LogP contribution in [0, 0.1) is 3.57 Å². The summed E-state index contributed by atoms with van der Waals surface area (Å²) in [6.45, 7) is 0. The van der Waals surface area contributed by atoms with E-state index >= 15 is 0 Å². The van der Waals surface area contributed by atoms with Crippen molar-refractivity contribution in [2.45, 2.75) is 5.38 Å². The summed E-state index contributed by atoms with van der Waals surface area (Å²) in [4.78, 5) is 0. The van der Waals surface area contributed by atoms with Gasteiger partial charge in [-0.05, 0) is 70.1 Å². The Kier molecular flexibility index (Phi) is 5.58. The molecule has 0 aliphatic rings. The van der Waals surface area contributed by atoms with Crippen molar-refractivity contribution in [1.82, 2.24) is 0 Å². The molecule has 5 heteroatoms. The standard InChI is InChI=1S/C13H7Br3ClI/c14-7-1-3-11(16)9(5-7)13(17)10-6-8(15)2-4-12(10)18/h1-6,13H. The first kappa shape index (κ1) is 15.3. The van der Waals surface area contributed by atoms with E-state index in [4.69, 9.17) is 11.6 Å². The molecule has 0 radical (unpaired) electrons. The maximum Gasteiger partial charge on any atom is 0.0857 e. The molecule has 94 valence electrons. The first-order chi connectivity index (χ1) is 8.49. The Bertz CT molecular complexity index is 535. The van der Waals surface area contributed by atoms with Crippen molar-refractivity contribution in [2.75, 3.05) is 0 Å². The summed E-state index contributed by atoms with van der Waals surface area (Å²) in [6.07, 6.45) is 0. The first-order valence-electron chi connectivity index (χ1n) is 5.03. The fourth-order valence-corrected chi connectivity index (χ4v) is 4.14. The van der Waals surface area contributed by atoms with E-state index < -0.39 is 0 Å². The van der Waals surface area contributed by atoms with Gasteiger partial charge in [-0.1, -0.05) is 47.8 Å². The summed E-state index contributed by atoms with van der Waals surface area (Å²) < 4.78 is 4.23. The van der Waals surface area contributed by atoms with Crippen LogP contribution in [0.25, 0.3) is 0 Å². The highest BCUT2D eigenvalue weighted by atomic mass is 127. The van der Waals surface area contributed by atoms with Gasteiger partial charge in [0.2, 0.25) is 0 Å². The topological polar surface area (TPSA) is 0 Å². The molecule has 18 heavy (non-hydrogen) atoms. The van der Waals surface area contributed by atoms with Gasteiger partial charge in [-0.25, -0.2) is 0 Å². The van der Waals surface area contributed by atoms with Gasteiger partial charge in [0.25, 0.3) is 0 Å². The monoisotopic (exact) mass is 562 g/mol. The van der Waals surface area contributed by atoms with Crippen LogP contribution in [0.4, 0.5) is 0 Å². The Hall–Kier alpha value is 0.900. The molecule has 0 N–H and O–H groups in total. The molecule has 0 spiro atoms. The zero-order chi connectivity index (χ0) is 13.3. The highest BCUT2D eigenvalue weighted by molar-refractivity contribution is 14.1. The lowest BCUT2D eigenvalue weighted by atomic mass is 10.0. The first-order valence-corrected chi connectivity index (χ1v) is 8.92. The minimum absolute atomic E-state index is 0.179. The lowest BCUT2D eigenvalue weighted by molar-refractivity contribution is 1.11. The second-order valence-corrected chi connectivity index (χ2v) is 7.98. The maximum atomic E-state index is 6.61. The number of hydrogen-bond donors (Lipinski definition) is 0. The molecule has 0 saturated heterocycles. The lowest BCUT2D eigenvalue weighted by Crippen LogP contribution is -1.97. The number of alkyl halides is 1. The van der Waals surface area contributed by atoms with Crippen molar-refractivity contribution >= 4 is 82.0 Å². The minimum atomic E-state index is -0.179. The molecule has 0 nitrogen and oxygen atoms in total. The number of rotatable bonds is 2. The Balaban J connectivity index is 2.50. The SMILES string of the molecule is ClC(c1cc(Br)ccc1Br)c1cc(Br)ccc1I. The van der Waals surface area contributed by atoms with Gasteiger partial charge in [-0.3, -0.25) is 0 Å². The van der Waals surface area contributed by atoms with Gasteiger partial charge in [-0.15, -0.1) is 11.6 Å². The van der Waals surface area contributed by atoms with Gasteiger partial charge < -0.3 is 0 Å². The fourth-order valence-electron chi connectivity index (χ4n) is 1.59. The molecular formula is C13H7Br3ClI. The predicted molar refractivity (Wildman–Crippen MR) is 96.4 cm³/mol. The van der Waals surface area contributed by atoms with Crippen molar-refractivity contribution in [3.05, 3.63) is 64.5 Å². The lowest BCUT2D eigenvalue weighted by Gasteiger charge is -2.15. The van der Waals surface area contributed by atoms with Gasteiger partial charge in [0, 0.05) is 17.0 Å². The highest BCUT2D eigenvalue weighted by Crippen LogP contribution is 2.38. The van der Waals surface area contributed by atoms with E-state index in [1.165, 1.54) is 0 Å². The molecule has 0 fully saturated rings. The van der Waals surface area contributed by atoms with Crippen LogP contribution in [0.5, 0.6) is 0 Å². The average Bonchev–Trinajstić information content (AvgIpc) is 2.34. The van der Waals surface area contributed by atoms with Crippen molar-refractivity contribution in [2.24, 2.45) is 0 Å². The quantitative estimate of drug-likeness (QED) is 0.275. The molecule has 0 amide bonds. The van der Waals surface area contributed by atoms with E-state index in [-0.39, 0.29) is 5.38 Å². The molecule has 0 saturated carbocycles. The fraction of sp³-hybridized carbons (Fsp3) is 0.0769. The summed E-state index contributed by atoms with van der Waals surface area (Å²) in [5.41, 5.74) is 2.16. The van der Waals surface area contributed by atoms with Gasteiger partial charge in [-0.2, -0.15) is 0 Å². The van der Waals surface area contributed by atoms with Crippen LogP contribution < -0.4 is 0 Å². The molecule has 1 atom stereocenters. The van der Waals surface area contributed by atoms with Crippen LogP contribution in [-0.4, -0.2) is 0 Å². The van der Waals surface area contributed by atoms with Gasteiger partial charge in [0.1, 0.15) is 0 Å². The zero-order valence-electron chi connectivity index (χ0n) is 8.93. The zero-order valence-corrected chi connectivity index (χ0v) is 16.6. The molecular weight excluding hydrogens is 558 g/mol. The van der Waals surface area contributed by atoms with Crippen LogP contribution in [0.2, 0.25) is 0 Å². The Morgan fingerprint density at radius 2 is 1.44 bits per heavy atom.